The summed E-state index contributed by atoms with van der Waals surface area (Å²) in [5, 5.41) is 2.82. The number of para-hydroxylation sites is 1. The highest BCUT2D eigenvalue weighted by Crippen LogP contribution is 2.17. The van der Waals surface area contributed by atoms with Gasteiger partial charge in [-0.15, -0.1) is 0 Å². The molecule has 0 saturated carbocycles. The third kappa shape index (κ3) is 4.96. The number of carbonyl (C=O) groups excluding carboxylic acids is 1. The van der Waals surface area contributed by atoms with Crippen LogP contribution in [-0.4, -0.2) is 48.5 Å². The van der Waals surface area contributed by atoms with Gasteiger partial charge in [-0.25, -0.2) is 0 Å². The molecule has 0 aliphatic carbocycles. The van der Waals surface area contributed by atoms with Gasteiger partial charge < -0.3 is 15.2 Å². The van der Waals surface area contributed by atoms with Gasteiger partial charge >= 0.3 is 0 Å². The smallest absolute Gasteiger partial charge is 0.261 e. The van der Waals surface area contributed by atoms with Gasteiger partial charge in [0, 0.05) is 62.6 Å². The number of benzene rings is 2. The molecule has 2 aromatic carbocycles. The number of piperazine rings is 1. The van der Waals surface area contributed by atoms with E-state index in [-0.39, 0.29) is 11.0 Å². The third-order valence-corrected chi connectivity index (χ3v) is 5.46. The van der Waals surface area contributed by atoms with Crippen LogP contribution in [0.4, 0.5) is 11.4 Å². The van der Waals surface area contributed by atoms with E-state index in [9.17, 15) is 9.59 Å². The van der Waals surface area contributed by atoms with Crippen LogP contribution in [0.25, 0.3) is 0 Å². The Morgan fingerprint density at radius 3 is 2.53 bits per heavy atom. The Hall–Kier alpha value is -3.38. The standard InChI is InChI=1S/C24H26N4O2/c29-23-9-11-25-18-22(23)24(30)26-20-6-4-5-19(17-20)10-12-27-13-15-28(16-14-27)21-7-2-1-3-8-21/h1-9,11,17-18H,10,12-16H2,(H,25,29)(H,26,30). The zero-order valence-electron chi connectivity index (χ0n) is 16.9. The van der Waals surface area contributed by atoms with Crippen LogP contribution in [0.15, 0.2) is 77.9 Å². The number of carbonyl (C=O) groups is 1. The summed E-state index contributed by atoms with van der Waals surface area (Å²) in [6.45, 7) is 5.14. The van der Waals surface area contributed by atoms with Crippen LogP contribution in [0.2, 0.25) is 0 Å². The first kappa shape index (κ1) is 19.9. The largest absolute Gasteiger partial charge is 0.369 e. The molecule has 2 N–H and O–H groups in total. The third-order valence-electron chi connectivity index (χ3n) is 5.46. The zero-order valence-corrected chi connectivity index (χ0v) is 16.9. The predicted molar refractivity (Wildman–Crippen MR) is 120 cm³/mol. The van der Waals surface area contributed by atoms with E-state index in [2.05, 4.69) is 50.4 Å². The molecule has 154 valence electrons. The van der Waals surface area contributed by atoms with Crippen molar-refractivity contribution in [3.8, 4) is 0 Å². The monoisotopic (exact) mass is 402 g/mol. The lowest BCUT2D eigenvalue weighted by Gasteiger charge is -2.36. The van der Waals surface area contributed by atoms with Crippen molar-refractivity contribution >= 4 is 17.3 Å². The molecule has 1 aliphatic rings. The minimum atomic E-state index is -0.397. The maximum Gasteiger partial charge on any atom is 0.261 e. The van der Waals surface area contributed by atoms with Crippen LogP contribution in [0.3, 0.4) is 0 Å². The lowest BCUT2D eigenvalue weighted by Crippen LogP contribution is -2.46. The minimum absolute atomic E-state index is 0.110. The number of rotatable bonds is 6. The summed E-state index contributed by atoms with van der Waals surface area (Å²) in [6.07, 6.45) is 3.86. The van der Waals surface area contributed by atoms with E-state index in [1.54, 1.807) is 0 Å². The van der Waals surface area contributed by atoms with Crippen LogP contribution in [0, 0.1) is 0 Å². The molecule has 0 radical (unpaired) electrons. The Bertz CT molecular complexity index is 1040. The Balaban J connectivity index is 1.29. The number of nitrogens with zero attached hydrogens (tertiary/aromatic N) is 2. The summed E-state index contributed by atoms with van der Waals surface area (Å²) < 4.78 is 0. The fraction of sp³-hybridized carbons (Fsp3) is 0.250. The first-order chi connectivity index (χ1) is 14.7. The summed E-state index contributed by atoms with van der Waals surface area (Å²) in [4.78, 5) is 31.9. The Labute approximate surface area is 176 Å². The van der Waals surface area contributed by atoms with Crippen molar-refractivity contribution in [2.24, 2.45) is 0 Å². The topological polar surface area (TPSA) is 68.4 Å². The molecule has 1 saturated heterocycles. The van der Waals surface area contributed by atoms with Gasteiger partial charge in [0.2, 0.25) is 0 Å². The van der Waals surface area contributed by atoms with E-state index in [1.165, 1.54) is 29.7 Å². The SMILES string of the molecule is O=C(Nc1cccc(CCN2CCN(c3ccccc3)CC2)c1)c1c[nH]ccc1=O. The number of aromatic amines is 1. The zero-order chi connectivity index (χ0) is 20.8. The average molecular weight is 402 g/mol. The van der Waals surface area contributed by atoms with Crippen molar-refractivity contribution < 1.29 is 4.79 Å². The molecule has 1 aliphatic heterocycles. The normalized spacial score (nSPS) is 14.5. The highest BCUT2D eigenvalue weighted by molar-refractivity contribution is 6.03. The lowest BCUT2D eigenvalue weighted by molar-refractivity contribution is 0.102. The van der Waals surface area contributed by atoms with E-state index in [4.69, 9.17) is 0 Å². The summed E-state index contributed by atoms with van der Waals surface area (Å²) in [5.41, 5.74) is 2.98. The Kier molecular flexibility index (Phi) is 6.25. The van der Waals surface area contributed by atoms with E-state index in [0.717, 1.165) is 39.1 Å². The maximum absolute atomic E-state index is 12.4. The van der Waals surface area contributed by atoms with E-state index < -0.39 is 5.91 Å². The van der Waals surface area contributed by atoms with Gasteiger partial charge in [-0.2, -0.15) is 0 Å². The number of hydrogen-bond acceptors (Lipinski definition) is 4. The summed E-state index contributed by atoms with van der Waals surface area (Å²) >= 11 is 0. The Morgan fingerprint density at radius 1 is 0.967 bits per heavy atom. The summed E-state index contributed by atoms with van der Waals surface area (Å²) in [7, 11) is 0. The second-order valence-corrected chi connectivity index (χ2v) is 7.49. The number of anilines is 2. The first-order valence-electron chi connectivity index (χ1n) is 10.3. The molecule has 6 nitrogen and oxygen atoms in total. The van der Waals surface area contributed by atoms with Gasteiger partial charge in [0.1, 0.15) is 5.56 Å². The molecule has 4 rings (SSSR count). The molecular formula is C24H26N4O2. The first-order valence-corrected chi connectivity index (χ1v) is 10.3. The second-order valence-electron chi connectivity index (χ2n) is 7.49. The van der Waals surface area contributed by atoms with Gasteiger partial charge in [-0.1, -0.05) is 30.3 Å². The molecule has 2 heterocycles. The van der Waals surface area contributed by atoms with Crippen LogP contribution in [0.5, 0.6) is 0 Å². The lowest BCUT2D eigenvalue weighted by atomic mass is 10.1. The molecule has 0 unspecified atom stereocenters. The molecule has 0 atom stereocenters. The van der Waals surface area contributed by atoms with Crippen molar-refractivity contribution in [2.45, 2.75) is 6.42 Å². The van der Waals surface area contributed by atoms with Crippen LogP contribution in [-0.2, 0) is 6.42 Å². The predicted octanol–water partition coefficient (Wildman–Crippen LogP) is 2.99. The van der Waals surface area contributed by atoms with Crippen molar-refractivity contribution in [3.05, 3.63) is 94.4 Å². The molecule has 30 heavy (non-hydrogen) atoms. The van der Waals surface area contributed by atoms with Gasteiger partial charge in [-0.3, -0.25) is 14.5 Å². The molecule has 1 aromatic heterocycles. The molecular weight excluding hydrogens is 376 g/mol. The number of hydrogen-bond donors (Lipinski definition) is 2. The van der Waals surface area contributed by atoms with Crippen LogP contribution >= 0.6 is 0 Å². The molecule has 1 amide bonds. The number of H-pyrrole nitrogens is 1. The molecule has 0 spiro atoms. The van der Waals surface area contributed by atoms with Crippen LogP contribution in [0.1, 0.15) is 15.9 Å². The van der Waals surface area contributed by atoms with Gasteiger partial charge in [0.25, 0.3) is 5.91 Å². The van der Waals surface area contributed by atoms with Gasteiger partial charge in [0.15, 0.2) is 5.43 Å². The summed E-state index contributed by atoms with van der Waals surface area (Å²) in [6, 6.07) is 19.7. The average Bonchev–Trinajstić information content (AvgIpc) is 2.79. The van der Waals surface area contributed by atoms with Crippen molar-refractivity contribution in [3.63, 3.8) is 0 Å². The molecule has 1 fully saturated rings. The van der Waals surface area contributed by atoms with E-state index in [1.807, 2.05) is 24.3 Å². The van der Waals surface area contributed by atoms with Gasteiger partial charge in [0.05, 0.1) is 0 Å². The van der Waals surface area contributed by atoms with E-state index >= 15 is 0 Å². The fourth-order valence-electron chi connectivity index (χ4n) is 3.75. The molecule has 3 aromatic rings. The van der Waals surface area contributed by atoms with Crippen molar-refractivity contribution in [2.75, 3.05) is 42.9 Å². The number of amides is 1. The van der Waals surface area contributed by atoms with Gasteiger partial charge in [-0.05, 0) is 36.2 Å². The maximum atomic E-state index is 12.4. The molecule has 0 bridgehead atoms. The quantitative estimate of drug-likeness (QED) is 0.665. The molecule has 6 heteroatoms. The highest BCUT2D eigenvalue weighted by Gasteiger charge is 2.17. The van der Waals surface area contributed by atoms with Crippen molar-refractivity contribution in [1.82, 2.24) is 9.88 Å². The van der Waals surface area contributed by atoms with E-state index in [0.29, 0.717) is 5.69 Å². The fourth-order valence-corrected chi connectivity index (χ4v) is 3.75. The van der Waals surface area contributed by atoms with Crippen LogP contribution < -0.4 is 15.6 Å². The summed E-state index contributed by atoms with van der Waals surface area (Å²) in [5.74, 6) is -0.397. The van der Waals surface area contributed by atoms with Crippen molar-refractivity contribution in [1.29, 1.82) is 0 Å². The number of nitrogens with one attached hydrogen (secondary N) is 2. The Morgan fingerprint density at radius 2 is 1.77 bits per heavy atom. The minimum Gasteiger partial charge on any atom is -0.369 e. The second kappa shape index (κ2) is 9.41. The number of pyridine rings is 1. The highest BCUT2D eigenvalue weighted by atomic mass is 16.2. The number of aromatic nitrogens is 1.